The van der Waals surface area contributed by atoms with Crippen molar-refractivity contribution in [3.8, 4) is 0 Å². The van der Waals surface area contributed by atoms with Crippen molar-refractivity contribution in [2.75, 3.05) is 49.5 Å². The molecule has 1 heterocycles. The molecule has 4 rings (SSSR count). The summed E-state index contributed by atoms with van der Waals surface area (Å²) in [4.78, 5) is 44.1. The van der Waals surface area contributed by atoms with Crippen molar-refractivity contribution in [3.05, 3.63) is 23.8 Å². The highest BCUT2D eigenvalue weighted by molar-refractivity contribution is 6.02. The number of amides is 3. The van der Waals surface area contributed by atoms with Crippen LogP contribution in [-0.4, -0.2) is 66.8 Å². The van der Waals surface area contributed by atoms with Gasteiger partial charge in [-0.2, -0.15) is 0 Å². The Hall–Kier alpha value is -2.57. The lowest BCUT2D eigenvalue weighted by Gasteiger charge is -2.37. The fourth-order valence-corrected chi connectivity index (χ4v) is 4.41. The van der Waals surface area contributed by atoms with Gasteiger partial charge in [-0.1, -0.05) is 6.42 Å². The van der Waals surface area contributed by atoms with E-state index in [4.69, 9.17) is 0 Å². The predicted molar refractivity (Wildman–Crippen MR) is 121 cm³/mol. The Morgan fingerprint density at radius 3 is 2.19 bits per heavy atom. The first-order chi connectivity index (χ1) is 15.0. The van der Waals surface area contributed by atoms with E-state index >= 15 is 0 Å². The van der Waals surface area contributed by atoms with Gasteiger partial charge in [0.2, 0.25) is 11.8 Å². The summed E-state index contributed by atoms with van der Waals surface area (Å²) in [6, 6.07) is 5.67. The van der Waals surface area contributed by atoms with E-state index in [1.54, 1.807) is 0 Å². The highest BCUT2D eigenvalue weighted by Gasteiger charge is 2.35. The second-order valence-electron chi connectivity index (χ2n) is 8.91. The highest BCUT2D eigenvalue weighted by Crippen LogP contribution is 2.33. The van der Waals surface area contributed by atoms with E-state index in [1.165, 1.54) is 0 Å². The molecule has 168 valence electrons. The van der Waals surface area contributed by atoms with E-state index in [-0.39, 0.29) is 29.6 Å². The van der Waals surface area contributed by atoms with E-state index in [9.17, 15) is 14.4 Å². The number of benzene rings is 1. The van der Waals surface area contributed by atoms with Crippen LogP contribution in [0.15, 0.2) is 18.2 Å². The average molecular weight is 427 g/mol. The topological polar surface area (TPSA) is 73.0 Å². The van der Waals surface area contributed by atoms with Crippen LogP contribution in [0.1, 0.15) is 56.3 Å². The van der Waals surface area contributed by atoms with Crippen LogP contribution in [0.25, 0.3) is 0 Å². The lowest BCUT2D eigenvalue weighted by Crippen LogP contribution is -2.49. The normalized spacial score (nSPS) is 19.0. The fourth-order valence-electron chi connectivity index (χ4n) is 4.41. The number of hydrogen-bond acceptors (Lipinski definition) is 4. The Kier molecular flexibility index (Phi) is 6.49. The van der Waals surface area contributed by atoms with Crippen LogP contribution in [0.3, 0.4) is 0 Å². The third kappa shape index (κ3) is 4.70. The van der Waals surface area contributed by atoms with Crippen LogP contribution in [0.2, 0.25) is 0 Å². The smallest absolute Gasteiger partial charge is 0.256 e. The highest BCUT2D eigenvalue weighted by atomic mass is 16.2. The largest absolute Gasteiger partial charge is 0.367 e. The van der Waals surface area contributed by atoms with Gasteiger partial charge in [-0.05, 0) is 57.7 Å². The molecule has 3 fully saturated rings. The minimum atomic E-state index is -0.0174. The molecule has 1 aromatic carbocycles. The van der Waals surface area contributed by atoms with Crippen molar-refractivity contribution >= 4 is 29.1 Å². The van der Waals surface area contributed by atoms with Gasteiger partial charge >= 0.3 is 0 Å². The Morgan fingerprint density at radius 1 is 0.968 bits per heavy atom. The lowest BCUT2D eigenvalue weighted by molar-refractivity contribution is -0.132. The minimum Gasteiger partial charge on any atom is -0.367 e. The Labute approximate surface area is 184 Å². The Bertz CT molecular complexity index is 835. The van der Waals surface area contributed by atoms with Crippen LogP contribution in [0, 0.1) is 11.8 Å². The third-order valence-corrected chi connectivity index (χ3v) is 6.88. The van der Waals surface area contributed by atoms with Crippen LogP contribution < -0.4 is 10.2 Å². The molecule has 1 aliphatic heterocycles. The molecule has 0 spiro atoms. The van der Waals surface area contributed by atoms with Crippen molar-refractivity contribution < 1.29 is 14.4 Å². The number of carbonyl (C=O) groups excluding carboxylic acids is 3. The molecular formula is C24H34N4O3. The van der Waals surface area contributed by atoms with Crippen LogP contribution in [-0.2, 0) is 9.59 Å². The second kappa shape index (κ2) is 9.28. The molecule has 0 radical (unpaired) electrons. The predicted octanol–water partition coefficient (Wildman–Crippen LogP) is 2.97. The van der Waals surface area contributed by atoms with Gasteiger partial charge in [0.05, 0.1) is 5.56 Å². The molecule has 3 amide bonds. The molecule has 7 heteroatoms. The van der Waals surface area contributed by atoms with Crippen molar-refractivity contribution in [1.29, 1.82) is 0 Å². The molecule has 7 nitrogen and oxygen atoms in total. The van der Waals surface area contributed by atoms with Crippen LogP contribution in [0.5, 0.6) is 0 Å². The van der Waals surface area contributed by atoms with Gasteiger partial charge in [0.25, 0.3) is 5.91 Å². The molecule has 3 aliphatic rings. The summed E-state index contributed by atoms with van der Waals surface area (Å²) in [6.45, 7) is 8.03. The number of piperazine rings is 1. The summed E-state index contributed by atoms with van der Waals surface area (Å²) >= 11 is 0. The summed E-state index contributed by atoms with van der Waals surface area (Å²) in [5.41, 5.74) is 2.19. The Morgan fingerprint density at radius 2 is 1.65 bits per heavy atom. The minimum absolute atomic E-state index is 0.0174. The monoisotopic (exact) mass is 426 g/mol. The van der Waals surface area contributed by atoms with Crippen molar-refractivity contribution in [2.24, 2.45) is 11.8 Å². The van der Waals surface area contributed by atoms with Gasteiger partial charge in [-0.3, -0.25) is 14.4 Å². The molecule has 0 atom stereocenters. The van der Waals surface area contributed by atoms with Crippen LogP contribution >= 0.6 is 0 Å². The van der Waals surface area contributed by atoms with E-state index in [2.05, 4.69) is 10.2 Å². The zero-order valence-electron chi connectivity index (χ0n) is 18.7. The van der Waals surface area contributed by atoms with Crippen LogP contribution in [0.4, 0.5) is 11.4 Å². The van der Waals surface area contributed by atoms with Crippen molar-refractivity contribution in [3.63, 3.8) is 0 Å². The summed E-state index contributed by atoms with van der Waals surface area (Å²) in [6.07, 6.45) is 5.04. The standard InChI is InChI=1S/C24H34N4O3/c1-3-26(4-2)24(31)20-16-19(25-22(29)17-6-5-7-17)10-11-21(20)27-12-14-28(15-13-27)23(30)18-8-9-18/h10-11,16-18H,3-9,12-15H2,1-2H3,(H,25,29). The number of nitrogens with one attached hydrogen (secondary N) is 1. The molecule has 1 N–H and O–H groups in total. The number of carbonyl (C=O) groups is 3. The molecule has 1 saturated heterocycles. The maximum atomic E-state index is 13.3. The summed E-state index contributed by atoms with van der Waals surface area (Å²) in [5.74, 6) is 0.653. The molecule has 0 aromatic heterocycles. The average Bonchev–Trinajstić information content (AvgIpc) is 3.58. The first kappa shape index (κ1) is 21.7. The lowest BCUT2D eigenvalue weighted by atomic mass is 9.85. The molecule has 0 unspecified atom stereocenters. The quantitative estimate of drug-likeness (QED) is 0.728. The first-order valence-corrected chi connectivity index (χ1v) is 11.8. The number of rotatable bonds is 7. The molecule has 1 aromatic rings. The Balaban J connectivity index is 1.53. The maximum Gasteiger partial charge on any atom is 0.256 e. The van der Waals surface area contributed by atoms with Gasteiger partial charge in [0.15, 0.2) is 0 Å². The molecule has 2 aliphatic carbocycles. The molecule has 2 saturated carbocycles. The zero-order valence-corrected chi connectivity index (χ0v) is 18.7. The van der Waals surface area contributed by atoms with E-state index in [1.807, 2.05) is 41.8 Å². The van der Waals surface area contributed by atoms with Gasteiger partial charge in [0.1, 0.15) is 0 Å². The van der Waals surface area contributed by atoms with Gasteiger partial charge in [-0.15, -0.1) is 0 Å². The number of hydrogen-bond donors (Lipinski definition) is 1. The van der Waals surface area contributed by atoms with E-state index in [0.717, 1.165) is 37.8 Å². The molecular weight excluding hydrogens is 392 g/mol. The van der Waals surface area contributed by atoms with E-state index < -0.39 is 0 Å². The van der Waals surface area contributed by atoms with Crippen molar-refractivity contribution in [2.45, 2.75) is 46.0 Å². The number of nitrogens with zero attached hydrogens (tertiary/aromatic N) is 3. The summed E-state index contributed by atoms with van der Waals surface area (Å²) < 4.78 is 0. The summed E-state index contributed by atoms with van der Waals surface area (Å²) in [5, 5.41) is 3.00. The van der Waals surface area contributed by atoms with Crippen molar-refractivity contribution in [1.82, 2.24) is 9.80 Å². The molecule has 31 heavy (non-hydrogen) atoms. The maximum absolute atomic E-state index is 13.3. The summed E-state index contributed by atoms with van der Waals surface area (Å²) in [7, 11) is 0. The molecule has 0 bridgehead atoms. The van der Waals surface area contributed by atoms with Gasteiger partial charge in [-0.25, -0.2) is 0 Å². The third-order valence-electron chi connectivity index (χ3n) is 6.88. The van der Waals surface area contributed by atoms with Gasteiger partial charge in [0, 0.05) is 62.5 Å². The first-order valence-electron chi connectivity index (χ1n) is 11.8. The fraction of sp³-hybridized carbons (Fsp3) is 0.625. The second-order valence-corrected chi connectivity index (χ2v) is 8.91. The van der Waals surface area contributed by atoms with Gasteiger partial charge < -0.3 is 20.0 Å². The SMILES string of the molecule is CCN(CC)C(=O)c1cc(NC(=O)C2CCC2)ccc1N1CCN(C(=O)C2CC2)CC1. The number of anilines is 2. The zero-order chi connectivity index (χ0) is 22.0. The van der Waals surface area contributed by atoms with E-state index in [0.29, 0.717) is 50.5 Å².